The van der Waals surface area contributed by atoms with Gasteiger partial charge in [-0.15, -0.1) is 6.61 Å². The molecule has 3 heteroatoms. The fraction of sp³-hybridized carbons (Fsp3) is 0.143. The molecule has 0 N–H and O–H groups in total. The molecule has 0 aliphatic carbocycles. The summed E-state index contributed by atoms with van der Waals surface area (Å²) in [5.41, 5.74) is 0.478. The van der Waals surface area contributed by atoms with Crippen LogP contribution in [0.4, 0.5) is 0 Å². The van der Waals surface area contributed by atoms with Crippen molar-refractivity contribution in [2.24, 2.45) is 0 Å². The van der Waals surface area contributed by atoms with Gasteiger partial charge in [0.2, 0.25) is 0 Å². The minimum atomic E-state index is -0.363. The van der Waals surface area contributed by atoms with Crippen LogP contribution >= 0.6 is 23.2 Å². The molecule has 1 aromatic carbocycles. The van der Waals surface area contributed by atoms with E-state index in [4.69, 9.17) is 23.2 Å². The number of hydrogen-bond acceptors (Lipinski definition) is 1. The van der Waals surface area contributed by atoms with E-state index in [2.05, 4.69) is 0 Å². The van der Waals surface area contributed by atoms with E-state index in [-0.39, 0.29) is 6.61 Å². The van der Waals surface area contributed by atoms with E-state index >= 15 is 0 Å². The summed E-state index contributed by atoms with van der Waals surface area (Å²) in [6, 6.07) is 5.02. The van der Waals surface area contributed by atoms with Crippen LogP contribution in [0.25, 0.3) is 0 Å². The third-order valence-corrected chi connectivity index (χ3v) is 1.91. The maximum atomic E-state index is 10.4. The molecule has 1 rings (SSSR count). The van der Waals surface area contributed by atoms with Crippen molar-refractivity contribution in [2.45, 2.75) is 6.61 Å². The quantitative estimate of drug-likeness (QED) is 0.640. The summed E-state index contributed by atoms with van der Waals surface area (Å²) in [6.07, 6.45) is 0. The standard InChI is InChI=1S/C7H5Cl2O/c8-6-2-1-3-7(9)5(6)4-10/h1-3H,4H2/q-1. The van der Waals surface area contributed by atoms with E-state index in [0.717, 1.165) is 0 Å². The van der Waals surface area contributed by atoms with Gasteiger partial charge in [-0.3, -0.25) is 0 Å². The second-order valence-electron chi connectivity index (χ2n) is 1.84. The third-order valence-electron chi connectivity index (χ3n) is 1.21. The van der Waals surface area contributed by atoms with Gasteiger partial charge < -0.3 is 5.11 Å². The molecule has 0 amide bonds. The summed E-state index contributed by atoms with van der Waals surface area (Å²) in [7, 11) is 0. The summed E-state index contributed by atoms with van der Waals surface area (Å²) in [6.45, 7) is -0.363. The van der Waals surface area contributed by atoms with Gasteiger partial charge in [0.25, 0.3) is 0 Å². The van der Waals surface area contributed by atoms with Gasteiger partial charge in [0.05, 0.1) is 0 Å². The Morgan fingerprint density at radius 1 is 1.20 bits per heavy atom. The molecular formula is C7H5Cl2O-. The van der Waals surface area contributed by atoms with Crippen molar-refractivity contribution < 1.29 is 5.11 Å². The lowest BCUT2D eigenvalue weighted by atomic mass is 10.2. The summed E-state index contributed by atoms with van der Waals surface area (Å²) in [5, 5.41) is 11.3. The average molecular weight is 176 g/mol. The molecular weight excluding hydrogens is 171 g/mol. The maximum Gasteiger partial charge on any atom is 0.0439 e. The van der Waals surface area contributed by atoms with Crippen LogP contribution in [0.1, 0.15) is 5.56 Å². The predicted octanol–water partition coefficient (Wildman–Crippen LogP) is 1.85. The Morgan fingerprint density at radius 3 is 2.00 bits per heavy atom. The molecule has 0 spiro atoms. The lowest BCUT2D eigenvalue weighted by Crippen LogP contribution is -2.03. The highest BCUT2D eigenvalue weighted by molar-refractivity contribution is 6.35. The van der Waals surface area contributed by atoms with Crippen LogP contribution in [0.5, 0.6) is 0 Å². The fourth-order valence-electron chi connectivity index (χ4n) is 0.670. The largest absolute Gasteiger partial charge is 0.851 e. The normalized spacial score (nSPS) is 9.90. The van der Waals surface area contributed by atoms with E-state index in [9.17, 15) is 5.11 Å². The molecule has 0 radical (unpaired) electrons. The molecule has 0 heterocycles. The maximum absolute atomic E-state index is 10.4. The topological polar surface area (TPSA) is 23.1 Å². The first-order valence-electron chi connectivity index (χ1n) is 2.76. The molecule has 10 heavy (non-hydrogen) atoms. The van der Waals surface area contributed by atoms with Gasteiger partial charge in [0, 0.05) is 10.0 Å². The van der Waals surface area contributed by atoms with Crippen LogP contribution in [0, 0.1) is 0 Å². The van der Waals surface area contributed by atoms with Gasteiger partial charge in [-0.25, -0.2) is 0 Å². The lowest BCUT2D eigenvalue weighted by Gasteiger charge is -2.07. The minimum Gasteiger partial charge on any atom is -0.851 e. The first-order valence-corrected chi connectivity index (χ1v) is 3.52. The number of hydrogen-bond donors (Lipinski definition) is 0. The van der Waals surface area contributed by atoms with Crippen LogP contribution in [0.15, 0.2) is 18.2 Å². The molecule has 0 saturated carbocycles. The Hall–Kier alpha value is -0.240. The lowest BCUT2D eigenvalue weighted by molar-refractivity contribution is -0.386. The Bertz CT molecular complexity index is 215. The Kier molecular flexibility index (Phi) is 2.55. The predicted molar refractivity (Wildman–Crippen MR) is 40.2 cm³/mol. The zero-order valence-corrected chi connectivity index (χ0v) is 6.62. The Labute approximate surface area is 69.2 Å². The van der Waals surface area contributed by atoms with Gasteiger partial charge >= 0.3 is 0 Å². The summed E-state index contributed by atoms with van der Waals surface area (Å²) < 4.78 is 0. The highest BCUT2D eigenvalue weighted by Gasteiger charge is 1.97. The molecule has 1 aromatic rings. The van der Waals surface area contributed by atoms with Crippen molar-refractivity contribution in [3.63, 3.8) is 0 Å². The number of halogens is 2. The monoisotopic (exact) mass is 175 g/mol. The molecule has 0 unspecified atom stereocenters. The zero-order valence-electron chi connectivity index (χ0n) is 5.10. The molecule has 0 aliphatic heterocycles. The van der Waals surface area contributed by atoms with Crippen LogP contribution < -0.4 is 5.11 Å². The first-order chi connectivity index (χ1) is 4.75. The summed E-state index contributed by atoms with van der Waals surface area (Å²) in [4.78, 5) is 0. The minimum absolute atomic E-state index is 0.363. The van der Waals surface area contributed by atoms with Crippen molar-refractivity contribution in [1.29, 1.82) is 0 Å². The van der Waals surface area contributed by atoms with Crippen molar-refractivity contribution in [3.8, 4) is 0 Å². The fourth-order valence-corrected chi connectivity index (χ4v) is 1.18. The molecule has 1 nitrogen and oxygen atoms in total. The van der Waals surface area contributed by atoms with Gasteiger partial charge in [-0.1, -0.05) is 29.3 Å². The molecule has 54 valence electrons. The van der Waals surface area contributed by atoms with Gasteiger partial charge in [0.1, 0.15) is 0 Å². The van der Waals surface area contributed by atoms with Crippen molar-refractivity contribution in [3.05, 3.63) is 33.8 Å². The van der Waals surface area contributed by atoms with E-state index in [0.29, 0.717) is 15.6 Å². The van der Waals surface area contributed by atoms with Crippen LogP contribution in [0.2, 0.25) is 10.0 Å². The highest BCUT2D eigenvalue weighted by Crippen LogP contribution is 2.22. The van der Waals surface area contributed by atoms with Gasteiger partial charge in [-0.05, 0) is 17.7 Å². The van der Waals surface area contributed by atoms with E-state index in [1.165, 1.54) is 0 Å². The zero-order chi connectivity index (χ0) is 7.56. The molecule has 0 aromatic heterocycles. The summed E-state index contributed by atoms with van der Waals surface area (Å²) >= 11 is 11.3. The average Bonchev–Trinajstić information content (AvgIpc) is 1.88. The smallest absolute Gasteiger partial charge is 0.0439 e. The number of benzene rings is 1. The SMILES string of the molecule is [O-]Cc1c(Cl)cccc1Cl. The van der Waals surface area contributed by atoms with Crippen LogP contribution in [0.3, 0.4) is 0 Å². The Balaban J connectivity index is 3.17. The first kappa shape index (κ1) is 7.86. The van der Waals surface area contributed by atoms with E-state index in [1.807, 2.05) is 0 Å². The van der Waals surface area contributed by atoms with Crippen molar-refractivity contribution in [2.75, 3.05) is 0 Å². The molecule has 0 atom stereocenters. The highest BCUT2D eigenvalue weighted by atomic mass is 35.5. The molecule has 0 fully saturated rings. The van der Waals surface area contributed by atoms with Crippen LogP contribution in [-0.2, 0) is 6.61 Å². The third kappa shape index (κ3) is 1.43. The van der Waals surface area contributed by atoms with Crippen molar-refractivity contribution in [1.82, 2.24) is 0 Å². The van der Waals surface area contributed by atoms with E-state index < -0.39 is 0 Å². The second kappa shape index (κ2) is 3.24. The van der Waals surface area contributed by atoms with Gasteiger partial charge in [-0.2, -0.15) is 0 Å². The molecule has 0 saturated heterocycles. The molecule has 0 aliphatic rings. The molecule has 0 bridgehead atoms. The van der Waals surface area contributed by atoms with Crippen molar-refractivity contribution >= 4 is 23.2 Å². The van der Waals surface area contributed by atoms with E-state index in [1.54, 1.807) is 18.2 Å². The summed E-state index contributed by atoms with van der Waals surface area (Å²) in [5.74, 6) is 0. The number of rotatable bonds is 1. The van der Waals surface area contributed by atoms with Crippen LogP contribution in [-0.4, -0.2) is 0 Å². The Morgan fingerprint density at radius 2 is 1.70 bits per heavy atom. The van der Waals surface area contributed by atoms with Gasteiger partial charge in [0.15, 0.2) is 0 Å². The second-order valence-corrected chi connectivity index (χ2v) is 2.66.